The molecule has 0 saturated carbocycles. The number of fused-ring (bicyclic) bond motifs is 1. The number of amides is 1. The van der Waals surface area contributed by atoms with Gasteiger partial charge in [-0.05, 0) is 42.7 Å². The molecule has 2 N–H and O–H groups in total. The van der Waals surface area contributed by atoms with Crippen molar-refractivity contribution in [2.24, 2.45) is 4.99 Å². The van der Waals surface area contributed by atoms with Crippen molar-refractivity contribution >= 4 is 53.1 Å². The second kappa shape index (κ2) is 11.9. The van der Waals surface area contributed by atoms with Crippen molar-refractivity contribution < 1.29 is 9.53 Å². The molecule has 1 heterocycles. The van der Waals surface area contributed by atoms with Gasteiger partial charge in [0.15, 0.2) is 12.6 Å². The van der Waals surface area contributed by atoms with Crippen LogP contribution in [-0.2, 0) is 11.2 Å². The average molecular weight is 529 g/mol. The highest BCUT2D eigenvalue weighted by Crippen LogP contribution is 2.31. The van der Waals surface area contributed by atoms with Crippen LogP contribution in [0.5, 0.6) is 5.75 Å². The number of nitrogens with zero attached hydrogens (tertiary/aromatic N) is 2. The van der Waals surface area contributed by atoms with Crippen LogP contribution in [0.25, 0.3) is 0 Å². The number of rotatable bonds is 7. The number of anilines is 1. The van der Waals surface area contributed by atoms with Crippen LogP contribution >= 0.6 is 35.6 Å². The normalized spacial score (nSPS) is 13.2. The van der Waals surface area contributed by atoms with E-state index >= 15 is 0 Å². The molecule has 0 spiro atoms. The van der Waals surface area contributed by atoms with Crippen molar-refractivity contribution in [3.8, 4) is 5.75 Å². The Morgan fingerprint density at radius 3 is 2.62 bits per heavy atom. The minimum atomic E-state index is -0.0100. The van der Waals surface area contributed by atoms with Gasteiger partial charge in [-0.15, -0.1) is 24.0 Å². The number of carbonyl (C=O) groups excluding carboxylic acids is 1. The molecule has 0 unspecified atom stereocenters. The molecular formula is C21H26ClIN4O2. The summed E-state index contributed by atoms with van der Waals surface area (Å²) in [4.78, 5) is 18.2. The van der Waals surface area contributed by atoms with Gasteiger partial charge in [0.2, 0.25) is 0 Å². The number of aliphatic imine (C=N–C) groups is 1. The molecule has 0 atom stereocenters. The Balaban J connectivity index is 0.00000300. The maximum absolute atomic E-state index is 12.2. The smallest absolute Gasteiger partial charge is 0.265 e. The topological polar surface area (TPSA) is 66.0 Å². The zero-order chi connectivity index (χ0) is 19.8. The van der Waals surface area contributed by atoms with Crippen molar-refractivity contribution in [2.45, 2.75) is 12.8 Å². The molecule has 0 saturated heterocycles. The molecule has 3 rings (SSSR count). The Labute approximate surface area is 193 Å². The van der Waals surface area contributed by atoms with Gasteiger partial charge in [-0.1, -0.05) is 35.9 Å². The number of nitrogens with one attached hydrogen (secondary N) is 2. The molecule has 156 valence electrons. The molecule has 0 radical (unpaired) electrons. The van der Waals surface area contributed by atoms with Gasteiger partial charge in [0.25, 0.3) is 5.91 Å². The Morgan fingerprint density at radius 1 is 1.14 bits per heavy atom. The van der Waals surface area contributed by atoms with E-state index in [0.717, 1.165) is 41.8 Å². The van der Waals surface area contributed by atoms with Gasteiger partial charge in [0.05, 0.1) is 5.69 Å². The van der Waals surface area contributed by atoms with Crippen LogP contribution in [0.15, 0.2) is 53.5 Å². The van der Waals surface area contributed by atoms with Crippen LogP contribution in [0, 0.1) is 0 Å². The zero-order valence-electron chi connectivity index (χ0n) is 16.4. The second-order valence-electron chi connectivity index (χ2n) is 6.46. The first-order valence-electron chi connectivity index (χ1n) is 9.38. The van der Waals surface area contributed by atoms with Gasteiger partial charge in [-0.25, -0.2) is 0 Å². The third-order valence-electron chi connectivity index (χ3n) is 4.50. The summed E-state index contributed by atoms with van der Waals surface area (Å²) in [5, 5.41) is 7.34. The molecule has 2 aromatic rings. The Kier molecular flexibility index (Phi) is 9.53. The van der Waals surface area contributed by atoms with Crippen molar-refractivity contribution in [1.82, 2.24) is 10.6 Å². The fourth-order valence-electron chi connectivity index (χ4n) is 3.04. The Morgan fingerprint density at radius 2 is 1.86 bits per heavy atom. The molecule has 0 bridgehead atoms. The molecular weight excluding hydrogens is 503 g/mol. The minimum Gasteiger partial charge on any atom is -0.482 e. The molecule has 8 heteroatoms. The predicted molar refractivity (Wildman–Crippen MR) is 129 cm³/mol. The maximum atomic E-state index is 12.2. The molecule has 2 aromatic carbocycles. The van der Waals surface area contributed by atoms with Crippen LogP contribution in [0.4, 0.5) is 5.69 Å². The lowest BCUT2D eigenvalue weighted by Gasteiger charge is -2.29. The van der Waals surface area contributed by atoms with Crippen molar-refractivity contribution in [1.29, 1.82) is 0 Å². The van der Waals surface area contributed by atoms with Crippen molar-refractivity contribution in [3.63, 3.8) is 0 Å². The number of hydrogen-bond donors (Lipinski definition) is 2. The molecule has 1 aliphatic heterocycles. The Bertz CT molecular complexity index is 830. The zero-order valence-corrected chi connectivity index (χ0v) is 19.4. The van der Waals surface area contributed by atoms with Crippen LogP contribution in [-0.4, -0.2) is 45.2 Å². The van der Waals surface area contributed by atoms with Crippen molar-refractivity contribution in [2.75, 3.05) is 38.2 Å². The van der Waals surface area contributed by atoms with Gasteiger partial charge in [0, 0.05) is 31.7 Å². The van der Waals surface area contributed by atoms with Crippen LogP contribution in [0.2, 0.25) is 5.02 Å². The van der Waals surface area contributed by atoms with E-state index in [9.17, 15) is 4.79 Å². The Hall–Kier alpha value is -2.00. The number of guanidine groups is 1. The van der Waals surface area contributed by atoms with E-state index in [1.807, 2.05) is 48.5 Å². The number of hydrogen-bond acceptors (Lipinski definition) is 3. The second-order valence-corrected chi connectivity index (χ2v) is 6.89. The highest BCUT2D eigenvalue weighted by atomic mass is 127. The number of para-hydroxylation sites is 2. The van der Waals surface area contributed by atoms with E-state index in [1.54, 1.807) is 11.9 Å². The predicted octanol–water partition coefficient (Wildman–Crippen LogP) is 3.48. The third kappa shape index (κ3) is 6.78. The molecule has 29 heavy (non-hydrogen) atoms. The van der Waals surface area contributed by atoms with E-state index in [1.165, 1.54) is 5.56 Å². The van der Waals surface area contributed by atoms with E-state index < -0.39 is 0 Å². The third-order valence-corrected chi connectivity index (χ3v) is 4.75. The summed E-state index contributed by atoms with van der Waals surface area (Å²) < 4.78 is 5.47. The first-order valence-corrected chi connectivity index (χ1v) is 9.76. The minimum absolute atomic E-state index is 0. The van der Waals surface area contributed by atoms with Gasteiger partial charge in [-0.2, -0.15) is 0 Å². The monoisotopic (exact) mass is 528 g/mol. The fraction of sp³-hybridized carbons (Fsp3) is 0.333. The lowest BCUT2D eigenvalue weighted by molar-refractivity contribution is -0.121. The SMILES string of the molecule is CN=C(NCCCN1C(=O)COc2ccccc21)NCCc1ccc(Cl)cc1.I. The molecule has 1 aliphatic rings. The van der Waals surface area contributed by atoms with Crippen molar-refractivity contribution in [3.05, 3.63) is 59.1 Å². The van der Waals surface area contributed by atoms with E-state index in [4.69, 9.17) is 16.3 Å². The van der Waals surface area contributed by atoms with E-state index in [0.29, 0.717) is 13.1 Å². The summed E-state index contributed by atoms with van der Waals surface area (Å²) in [5.41, 5.74) is 2.06. The lowest BCUT2D eigenvalue weighted by atomic mass is 10.1. The number of carbonyl (C=O) groups is 1. The summed E-state index contributed by atoms with van der Waals surface area (Å²) in [6, 6.07) is 15.5. The lowest BCUT2D eigenvalue weighted by Crippen LogP contribution is -2.42. The largest absolute Gasteiger partial charge is 0.482 e. The average Bonchev–Trinajstić information content (AvgIpc) is 2.72. The first-order chi connectivity index (χ1) is 13.7. The van der Waals surface area contributed by atoms with Gasteiger partial charge in [0.1, 0.15) is 5.75 Å². The maximum Gasteiger partial charge on any atom is 0.265 e. The molecule has 0 fully saturated rings. The van der Waals surface area contributed by atoms with Crippen LogP contribution in [0.3, 0.4) is 0 Å². The van der Waals surface area contributed by atoms with Gasteiger partial charge < -0.3 is 20.3 Å². The fourth-order valence-corrected chi connectivity index (χ4v) is 3.17. The van der Waals surface area contributed by atoms with Crippen LogP contribution in [0.1, 0.15) is 12.0 Å². The summed E-state index contributed by atoms with van der Waals surface area (Å²) in [6.07, 6.45) is 1.69. The summed E-state index contributed by atoms with van der Waals surface area (Å²) in [5.74, 6) is 1.50. The molecule has 1 amide bonds. The highest BCUT2D eigenvalue weighted by molar-refractivity contribution is 14.0. The quantitative estimate of drug-likeness (QED) is 0.250. The summed E-state index contributed by atoms with van der Waals surface area (Å²) in [7, 11) is 1.75. The number of ether oxygens (including phenoxy) is 1. The number of halogens is 2. The molecule has 0 aliphatic carbocycles. The number of benzene rings is 2. The van der Waals surface area contributed by atoms with Gasteiger partial charge in [-0.3, -0.25) is 9.79 Å². The first kappa shape index (κ1) is 23.3. The van der Waals surface area contributed by atoms with E-state index in [-0.39, 0.29) is 36.5 Å². The van der Waals surface area contributed by atoms with E-state index in [2.05, 4.69) is 15.6 Å². The molecule has 0 aromatic heterocycles. The summed E-state index contributed by atoms with van der Waals surface area (Å²) >= 11 is 5.91. The highest BCUT2D eigenvalue weighted by Gasteiger charge is 2.24. The summed E-state index contributed by atoms with van der Waals surface area (Å²) in [6.45, 7) is 2.22. The molecule has 6 nitrogen and oxygen atoms in total. The standard InChI is InChI=1S/C21H25ClN4O2.HI/c1-23-21(25-13-11-16-7-9-17(22)10-8-16)24-12-4-14-26-18-5-2-3-6-19(18)28-15-20(26)27;/h2-3,5-10H,4,11-15H2,1H3,(H2,23,24,25);1H. The van der Waals surface area contributed by atoms with Gasteiger partial charge >= 0.3 is 0 Å². The van der Waals surface area contributed by atoms with Crippen LogP contribution < -0.4 is 20.3 Å².